The number of imidazole rings is 1. The molecule has 1 saturated heterocycles. The van der Waals surface area contributed by atoms with Crippen molar-refractivity contribution in [1.82, 2.24) is 19.4 Å². The van der Waals surface area contributed by atoms with Gasteiger partial charge in [0.25, 0.3) is 5.91 Å². The van der Waals surface area contributed by atoms with Crippen LogP contribution in [0.2, 0.25) is 0 Å². The summed E-state index contributed by atoms with van der Waals surface area (Å²) in [5, 5.41) is 2.78. The third-order valence-corrected chi connectivity index (χ3v) is 6.93. The highest BCUT2D eigenvalue weighted by molar-refractivity contribution is 6.03. The molecule has 1 aromatic heterocycles. The van der Waals surface area contributed by atoms with E-state index in [1.165, 1.54) is 0 Å². The monoisotopic (exact) mass is 522 g/mol. The predicted octanol–water partition coefficient (Wildman–Crippen LogP) is 3.76. The molecule has 2 aromatic rings. The number of amides is 2. The molecule has 2 aliphatic heterocycles. The summed E-state index contributed by atoms with van der Waals surface area (Å²) in [7, 11) is 5.78. The molecule has 2 amide bonds. The van der Waals surface area contributed by atoms with Gasteiger partial charge in [-0.2, -0.15) is 0 Å². The number of fused-ring (bicyclic) bond motifs is 2. The molecule has 0 saturated carbocycles. The van der Waals surface area contributed by atoms with Crippen molar-refractivity contribution in [2.75, 3.05) is 39.1 Å². The third-order valence-electron chi connectivity index (χ3n) is 6.93. The molecule has 3 heterocycles. The number of unbranched alkanes of at least 4 members (excludes halogenated alkanes) is 1. The van der Waals surface area contributed by atoms with Gasteiger partial charge >= 0.3 is 0 Å². The number of carbonyl (C=O) groups is 3. The van der Waals surface area contributed by atoms with Crippen molar-refractivity contribution >= 4 is 35.3 Å². The Hall–Kier alpha value is -3.53. The summed E-state index contributed by atoms with van der Waals surface area (Å²) in [5.74, 6) is 1.20. The van der Waals surface area contributed by atoms with Crippen molar-refractivity contribution in [3.8, 4) is 5.75 Å². The standard InChI is InChI=1S/C28H38N6O4/c1-19-15-21-22(29-17-20-9-7-13-34(20)28(21)37)16-24(19)38-14-8-11-26(36)30-25-18-33(4)27(31-25)23(35)10-5-6-12-32(2)3/h15-18,20H,5-14H2,1-4H3,(H,30,36)/t20-/m0/s1. The van der Waals surface area contributed by atoms with Crippen LogP contribution >= 0.6 is 0 Å². The molecule has 204 valence electrons. The lowest BCUT2D eigenvalue weighted by Gasteiger charge is -2.20. The van der Waals surface area contributed by atoms with Gasteiger partial charge in [0, 0.05) is 44.9 Å². The molecule has 0 aliphatic carbocycles. The number of aliphatic imine (C=N–C) groups is 1. The minimum atomic E-state index is -0.189. The topological polar surface area (TPSA) is 109 Å². The third kappa shape index (κ3) is 6.66. The number of rotatable bonds is 12. The quantitative estimate of drug-likeness (QED) is 0.336. The fraction of sp³-hybridized carbons (Fsp3) is 0.536. The van der Waals surface area contributed by atoms with E-state index < -0.39 is 0 Å². The summed E-state index contributed by atoms with van der Waals surface area (Å²) in [5.41, 5.74) is 2.10. The lowest BCUT2D eigenvalue weighted by molar-refractivity contribution is -0.116. The average molecular weight is 523 g/mol. The minimum absolute atomic E-state index is 0.0232. The minimum Gasteiger partial charge on any atom is -0.493 e. The van der Waals surface area contributed by atoms with Crippen LogP contribution in [0.5, 0.6) is 5.75 Å². The first-order chi connectivity index (χ1) is 18.2. The first kappa shape index (κ1) is 27.5. The molecule has 2 aliphatic rings. The summed E-state index contributed by atoms with van der Waals surface area (Å²) >= 11 is 0. The molecule has 10 nitrogen and oxygen atoms in total. The van der Waals surface area contributed by atoms with Crippen LogP contribution in [0.25, 0.3) is 0 Å². The van der Waals surface area contributed by atoms with E-state index in [2.05, 4.69) is 20.2 Å². The summed E-state index contributed by atoms with van der Waals surface area (Å²) in [6.07, 6.45) is 8.41. The highest BCUT2D eigenvalue weighted by Crippen LogP contribution is 2.34. The van der Waals surface area contributed by atoms with Gasteiger partial charge in [0.15, 0.2) is 17.4 Å². The first-order valence-electron chi connectivity index (χ1n) is 13.4. The zero-order valence-electron chi connectivity index (χ0n) is 22.8. The van der Waals surface area contributed by atoms with Gasteiger partial charge < -0.3 is 24.4 Å². The number of anilines is 1. The zero-order chi connectivity index (χ0) is 27.2. The molecule has 4 rings (SSSR count). The molecular weight excluding hydrogens is 484 g/mol. The molecule has 38 heavy (non-hydrogen) atoms. The van der Waals surface area contributed by atoms with Crippen molar-refractivity contribution in [2.45, 2.75) is 57.9 Å². The normalized spacial score (nSPS) is 16.4. The van der Waals surface area contributed by atoms with Gasteiger partial charge in [-0.25, -0.2) is 4.98 Å². The number of Topliss-reactive ketones (excluding diaryl/α,β-unsaturated/α-hetero) is 1. The van der Waals surface area contributed by atoms with E-state index >= 15 is 0 Å². The van der Waals surface area contributed by atoms with Gasteiger partial charge in [0.2, 0.25) is 5.91 Å². The molecule has 1 atom stereocenters. The van der Waals surface area contributed by atoms with Crippen molar-refractivity contribution < 1.29 is 19.1 Å². The van der Waals surface area contributed by atoms with Crippen molar-refractivity contribution in [3.05, 3.63) is 35.3 Å². The zero-order valence-corrected chi connectivity index (χ0v) is 22.8. The van der Waals surface area contributed by atoms with E-state index in [9.17, 15) is 14.4 Å². The molecule has 0 unspecified atom stereocenters. The van der Waals surface area contributed by atoms with Crippen LogP contribution in [-0.4, -0.2) is 83.0 Å². The maximum Gasteiger partial charge on any atom is 0.256 e. The second-order valence-electron chi connectivity index (χ2n) is 10.4. The SMILES string of the molecule is Cc1cc2c(cc1OCCCC(=O)Nc1cn(C)c(C(=O)CCCCN(C)C)n1)N=C[C@@H]1CCCN1C2=O. The van der Waals surface area contributed by atoms with Crippen LogP contribution in [-0.2, 0) is 11.8 Å². The molecule has 0 radical (unpaired) electrons. The lowest BCUT2D eigenvalue weighted by atomic mass is 10.1. The molecule has 1 N–H and O–H groups in total. The molecule has 1 fully saturated rings. The Morgan fingerprint density at radius 2 is 2.00 bits per heavy atom. The number of ether oxygens (including phenoxy) is 1. The number of hydrogen-bond donors (Lipinski definition) is 1. The second kappa shape index (κ2) is 12.3. The largest absolute Gasteiger partial charge is 0.493 e. The van der Waals surface area contributed by atoms with Gasteiger partial charge in [0.05, 0.1) is 23.9 Å². The smallest absolute Gasteiger partial charge is 0.256 e. The van der Waals surface area contributed by atoms with Gasteiger partial charge in [-0.05, 0) is 71.3 Å². The first-order valence-corrected chi connectivity index (χ1v) is 13.4. The fourth-order valence-electron chi connectivity index (χ4n) is 4.86. The van der Waals surface area contributed by atoms with E-state index in [0.717, 1.165) is 44.3 Å². The van der Waals surface area contributed by atoms with Crippen LogP contribution in [0.4, 0.5) is 11.5 Å². The van der Waals surface area contributed by atoms with E-state index in [1.807, 2.05) is 44.3 Å². The van der Waals surface area contributed by atoms with Crippen LogP contribution in [0.3, 0.4) is 0 Å². The number of nitrogens with one attached hydrogen (secondary N) is 1. The van der Waals surface area contributed by atoms with Crippen LogP contribution in [0.15, 0.2) is 23.3 Å². The number of hydrogen-bond acceptors (Lipinski definition) is 7. The maximum absolute atomic E-state index is 12.9. The Morgan fingerprint density at radius 1 is 1.18 bits per heavy atom. The van der Waals surface area contributed by atoms with Crippen molar-refractivity contribution in [1.29, 1.82) is 0 Å². The molecule has 0 bridgehead atoms. The van der Waals surface area contributed by atoms with Gasteiger partial charge in [-0.3, -0.25) is 19.4 Å². The number of aromatic nitrogens is 2. The summed E-state index contributed by atoms with van der Waals surface area (Å²) < 4.78 is 7.60. The summed E-state index contributed by atoms with van der Waals surface area (Å²) in [4.78, 5) is 50.8. The van der Waals surface area contributed by atoms with Crippen molar-refractivity contribution in [3.63, 3.8) is 0 Å². The van der Waals surface area contributed by atoms with E-state index in [-0.39, 0.29) is 30.1 Å². The number of nitrogens with zero attached hydrogens (tertiary/aromatic N) is 5. The number of ketones is 1. The average Bonchev–Trinajstić information content (AvgIpc) is 3.46. The summed E-state index contributed by atoms with van der Waals surface area (Å²) in [6, 6.07) is 3.73. The van der Waals surface area contributed by atoms with E-state index in [0.29, 0.717) is 48.1 Å². The van der Waals surface area contributed by atoms with E-state index in [1.54, 1.807) is 17.8 Å². The van der Waals surface area contributed by atoms with Gasteiger partial charge in [-0.15, -0.1) is 0 Å². The molecule has 0 spiro atoms. The Balaban J connectivity index is 1.24. The highest BCUT2D eigenvalue weighted by atomic mass is 16.5. The Bertz CT molecular complexity index is 1220. The van der Waals surface area contributed by atoms with Crippen molar-refractivity contribution in [2.24, 2.45) is 12.0 Å². The predicted molar refractivity (Wildman–Crippen MR) is 147 cm³/mol. The number of carbonyl (C=O) groups excluding carboxylic acids is 3. The highest BCUT2D eigenvalue weighted by Gasteiger charge is 2.32. The van der Waals surface area contributed by atoms with Crippen LogP contribution in [0.1, 0.15) is 71.5 Å². The molecular formula is C28H38N6O4. The van der Waals surface area contributed by atoms with Crippen LogP contribution < -0.4 is 10.1 Å². The van der Waals surface area contributed by atoms with Gasteiger partial charge in [-0.1, -0.05) is 0 Å². The molecule has 10 heteroatoms. The fourth-order valence-corrected chi connectivity index (χ4v) is 4.86. The maximum atomic E-state index is 12.9. The Labute approximate surface area is 224 Å². The number of aryl methyl sites for hydroxylation is 2. The second-order valence-corrected chi connectivity index (χ2v) is 10.4. The van der Waals surface area contributed by atoms with Crippen LogP contribution in [0, 0.1) is 6.92 Å². The van der Waals surface area contributed by atoms with Gasteiger partial charge in [0.1, 0.15) is 5.75 Å². The molecule has 1 aromatic carbocycles. The Kier molecular flexibility index (Phi) is 8.93. The summed E-state index contributed by atoms with van der Waals surface area (Å²) in [6.45, 7) is 3.96. The lowest BCUT2D eigenvalue weighted by Crippen LogP contribution is -2.35. The van der Waals surface area contributed by atoms with E-state index in [4.69, 9.17) is 4.74 Å². The Morgan fingerprint density at radius 3 is 2.79 bits per heavy atom. The number of benzene rings is 1.